The van der Waals surface area contributed by atoms with Crippen LogP contribution in [0.15, 0.2) is 34.8 Å². The lowest BCUT2D eigenvalue weighted by atomic mass is 10.1. The molecule has 0 unspecified atom stereocenters. The highest BCUT2D eigenvalue weighted by molar-refractivity contribution is 9.10. The third kappa shape index (κ3) is 1.99. The van der Waals surface area contributed by atoms with Gasteiger partial charge in [0.1, 0.15) is 16.1 Å². The van der Waals surface area contributed by atoms with Crippen molar-refractivity contribution in [3.05, 3.63) is 45.3 Å². The predicted molar refractivity (Wildman–Crippen MR) is 91.0 cm³/mol. The number of nitrogens with zero attached hydrogens (tertiary/aromatic N) is 3. The molecule has 0 saturated carbocycles. The molecule has 3 heterocycles. The quantitative estimate of drug-likeness (QED) is 0.597. The van der Waals surface area contributed by atoms with Crippen LogP contribution in [-0.4, -0.2) is 14.1 Å². The number of halogens is 1. The van der Waals surface area contributed by atoms with Gasteiger partial charge in [-0.25, -0.2) is 4.98 Å². The van der Waals surface area contributed by atoms with Crippen LogP contribution in [0, 0.1) is 4.64 Å². The summed E-state index contributed by atoms with van der Waals surface area (Å²) < 4.78 is 6.34. The molecule has 3 nitrogen and oxygen atoms in total. The summed E-state index contributed by atoms with van der Waals surface area (Å²) in [6.45, 7) is 1.000. The number of rotatable bonds is 1. The third-order valence-corrected chi connectivity index (χ3v) is 5.11. The molecule has 0 aliphatic carbocycles. The molecule has 0 atom stereocenters. The molecule has 0 spiro atoms. The highest BCUT2D eigenvalue weighted by Gasteiger charge is 2.17. The van der Waals surface area contributed by atoms with Gasteiger partial charge in [0.05, 0.1) is 11.1 Å². The van der Waals surface area contributed by atoms with Gasteiger partial charge in [-0.3, -0.25) is 0 Å². The summed E-state index contributed by atoms with van der Waals surface area (Å²) in [5, 5.41) is 1.08. The maximum atomic E-state index is 5.67. The molecule has 1 aliphatic rings. The average Bonchev–Trinajstić information content (AvgIpc) is 3.07. The van der Waals surface area contributed by atoms with Crippen molar-refractivity contribution >= 4 is 39.2 Å². The minimum absolute atomic E-state index is 0.923. The summed E-state index contributed by atoms with van der Waals surface area (Å²) >= 11 is 9.15. The van der Waals surface area contributed by atoms with Gasteiger partial charge in [0, 0.05) is 24.5 Å². The van der Waals surface area contributed by atoms with E-state index < -0.39 is 0 Å². The predicted octanol–water partition coefficient (Wildman–Crippen LogP) is 4.48. The van der Waals surface area contributed by atoms with Gasteiger partial charge in [0.15, 0.2) is 0 Å². The maximum absolute atomic E-state index is 5.67. The molecular formula is C16H14BrN3S. The molecule has 106 valence electrons. The smallest absolute Gasteiger partial charge is 0.145 e. The van der Waals surface area contributed by atoms with Gasteiger partial charge in [-0.15, -0.1) is 0 Å². The van der Waals surface area contributed by atoms with E-state index in [1.54, 1.807) is 0 Å². The lowest BCUT2D eigenvalue weighted by molar-refractivity contribution is 0.732. The first-order valence-electron chi connectivity index (χ1n) is 7.00. The molecule has 4 rings (SSSR count). The number of aryl methyl sites for hydroxylation is 2. The molecule has 3 aromatic rings. The fourth-order valence-electron chi connectivity index (χ4n) is 3.05. The molecule has 21 heavy (non-hydrogen) atoms. The summed E-state index contributed by atoms with van der Waals surface area (Å²) in [7, 11) is 2.06. The highest BCUT2D eigenvalue weighted by atomic mass is 79.9. The molecule has 0 fully saturated rings. The van der Waals surface area contributed by atoms with Crippen molar-refractivity contribution in [2.24, 2.45) is 7.05 Å². The van der Waals surface area contributed by atoms with Gasteiger partial charge < -0.3 is 9.13 Å². The van der Waals surface area contributed by atoms with Crippen LogP contribution in [-0.2, 0) is 20.0 Å². The van der Waals surface area contributed by atoms with E-state index in [1.165, 1.54) is 5.56 Å². The van der Waals surface area contributed by atoms with E-state index >= 15 is 0 Å². The Hall–Kier alpha value is -1.46. The van der Waals surface area contributed by atoms with E-state index in [9.17, 15) is 0 Å². The van der Waals surface area contributed by atoms with Crippen LogP contribution in [0.5, 0.6) is 0 Å². The van der Waals surface area contributed by atoms with Crippen molar-refractivity contribution in [3.8, 4) is 11.3 Å². The molecule has 2 aromatic heterocycles. The van der Waals surface area contributed by atoms with Gasteiger partial charge >= 0.3 is 0 Å². The molecule has 1 aliphatic heterocycles. The summed E-state index contributed by atoms with van der Waals surface area (Å²) in [6.07, 6.45) is 2.17. The van der Waals surface area contributed by atoms with Crippen molar-refractivity contribution in [2.45, 2.75) is 19.4 Å². The van der Waals surface area contributed by atoms with Crippen molar-refractivity contribution in [1.29, 1.82) is 0 Å². The zero-order chi connectivity index (χ0) is 14.6. The van der Waals surface area contributed by atoms with E-state index in [4.69, 9.17) is 17.2 Å². The lowest BCUT2D eigenvalue weighted by Crippen LogP contribution is -2.03. The SMILES string of the molecule is Cn1c(-c2ccc(Br)cc2)cc2c(=S)n3c(nc21)CCC3. The maximum Gasteiger partial charge on any atom is 0.145 e. The second kappa shape index (κ2) is 4.78. The van der Waals surface area contributed by atoms with Crippen LogP contribution in [0.25, 0.3) is 22.3 Å². The van der Waals surface area contributed by atoms with E-state index in [0.717, 1.165) is 51.1 Å². The van der Waals surface area contributed by atoms with Crippen molar-refractivity contribution < 1.29 is 0 Å². The Morgan fingerprint density at radius 3 is 2.76 bits per heavy atom. The van der Waals surface area contributed by atoms with Gasteiger partial charge in [-0.05, 0) is 30.2 Å². The Labute approximate surface area is 136 Å². The number of benzene rings is 1. The minimum Gasteiger partial charge on any atom is -0.328 e. The average molecular weight is 360 g/mol. The molecule has 0 bridgehead atoms. The summed E-state index contributed by atoms with van der Waals surface area (Å²) in [5.74, 6) is 1.12. The first-order chi connectivity index (χ1) is 10.1. The monoisotopic (exact) mass is 359 g/mol. The van der Waals surface area contributed by atoms with Gasteiger partial charge in [-0.2, -0.15) is 0 Å². The fourth-order valence-corrected chi connectivity index (χ4v) is 3.66. The highest BCUT2D eigenvalue weighted by Crippen LogP contribution is 2.29. The first-order valence-corrected chi connectivity index (χ1v) is 8.20. The fraction of sp³-hybridized carbons (Fsp3) is 0.250. The summed E-state index contributed by atoms with van der Waals surface area (Å²) in [4.78, 5) is 4.83. The van der Waals surface area contributed by atoms with Gasteiger partial charge in [0.25, 0.3) is 0 Å². The van der Waals surface area contributed by atoms with Crippen LogP contribution >= 0.6 is 28.1 Å². The molecule has 0 amide bonds. The van der Waals surface area contributed by atoms with Crippen LogP contribution in [0.2, 0.25) is 0 Å². The standard InChI is InChI=1S/C16H14BrN3S/c1-19-13(10-4-6-11(17)7-5-10)9-12-15(19)18-14-3-2-8-20(14)16(12)21/h4-7,9H,2-3,8H2,1H3. The van der Waals surface area contributed by atoms with Gasteiger partial charge in [-0.1, -0.05) is 40.3 Å². The number of aromatic nitrogens is 3. The van der Waals surface area contributed by atoms with Gasteiger partial charge in [0.2, 0.25) is 0 Å². The van der Waals surface area contributed by atoms with Crippen LogP contribution in [0.1, 0.15) is 12.2 Å². The number of hydrogen-bond donors (Lipinski definition) is 0. The second-order valence-corrected chi connectivity index (χ2v) is 6.72. The Morgan fingerprint density at radius 2 is 2.00 bits per heavy atom. The number of hydrogen-bond acceptors (Lipinski definition) is 2. The molecule has 1 aromatic carbocycles. The molecule has 5 heteroatoms. The Kier molecular flexibility index (Phi) is 3.01. The van der Waals surface area contributed by atoms with Crippen molar-refractivity contribution in [1.82, 2.24) is 14.1 Å². The Balaban J connectivity index is 2.00. The van der Waals surface area contributed by atoms with Crippen molar-refractivity contribution in [3.63, 3.8) is 0 Å². The number of fused-ring (bicyclic) bond motifs is 2. The normalized spacial score (nSPS) is 13.8. The van der Waals surface area contributed by atoms with Crippen LogP contribution in [0.3, 0.4) is 0 Å². The topological polar surface area (TPSA) is 22.8 Å². The Bertz CT molecular complexity index is 906. The summed E-state index contributed by atoms with van der Waals surface area (Å²) in [6, 6.07) is 10.5. The van der Waals surface area contributed by atoms with Crippen LogP contribution < -0.4 is 0 Å². The van der Waals surface area contributed by atoms with E-state index in [0.29, 0.717) is 0 Å². The van der Waals surface area contributed by atoms with Crippen molar-refractivity contribution in [2.75, 3.05) is 0 Å². The first kappa shape index (κ1) is 13.2. The van der Waals surface area contributed by atoms with E-state index in [2.05, 4.69) is 62.4 Å². The third-order valence-electron chi connectivity index (χ3n) is 4.15. The van der Waals surface area contributed by atoms with E-state index in [-0.39, 0.29) is 0 Å². The minimum atomic E-state index is 0.923. The lowest BCUT2D eigenvalue weighted by Gasteiger charge is -2.06. The largest absolute Gasteiger partial charge is 0.328 e. The summed E-state index contributed by atoms with van der Waals surface area (Å²) in [5.41, 5.74) is 3.32. The Morgan fingerprint density at radius 1 is 1.24 bits per heavy atom. The molecule has 0 saturated heterocycles. The molecule has 0 N–H and O–H groups in total. The second-order valence-electron chi connectivity index (χ2n) is 5.42. The zero-order valence-electron chi connectivity index (χ0n) is 11.6. The zero-order valence-corrected chi connectivity index (χ0v) is 14.0. The molecule has 0 radical (unpaired) electrons. The van der Waals surface area contributed by atoms with E-state index in [1.807, 2.05) is 0 Å². The molecular weight excluding hydrogens is 346 g/mol. The van der Waals surface area contributed by atoms with Crippen LogP contribution in [0.4, 0.5) is 0 Å².